The average Bonchev–Trinajstić information content (AvgIpc) is 3.35. The van der Waals surface area contributed by atoms with E-state index >= 15 is 0 Å². The van der Waals surface area contributed by atoms with Gasteiger partial charge in [-0.3, -0.25) is 9.69 Å². The molecule has 28 heavy (non-hydrogen) atoms. The first-order valence-corrected chi connectivity index (χ1v) is 9.29. The molecule has 2 heterocycles. The van der Waals surface area contributed by atoms with Crippen molar-refractivity contribution in [2.45, 2.75) is 26.8 Å². The Morgan fingerprint density at radius 1 is 1.18 bits per heavy atom. The molecule has 2 aromatic heterocycles. The average molecular weight is 384 g/mol. The van der Waals surface area contributed by atoms with E-state index in [1.54, 1.807) is 18.4 Å². The molecular weight excluding hydrogens is 360 g/mol. The number of furan rings is 1. The maximum absolute atomic E-state index is 12.5. The second-order valence-electron chi connectivity index (χ2n) is 6.17. The van der Waals surface area contributed by atoms with Gasteiger partial charge in [-0.05, 0) is 44.2 Å². The number of para-hydroxylation sites is 2. The minimum atomic E-state index is -0.133. The van der Waals surface area contributed by atoms with Crippen molar-refractivity contribution < 1.29 is 18.4 Å². The van der Waals surface area contributed by atoms with Crippen LogP contribution in [0.3, 0.4) is 0 Å². The number of hydrogen-bond donors (Lipinski definition) is 1. The fraction of sp³-hybridized carbons (Fsp3) is 0.350. The third kappa shape index (κ3) is 5.20. The van der Waals surface area contributed by atoms with Crippen molar-refractivity contribution >= 4 is 11.6 Å². The van der Waals surface area contributed by atoms with Crippen molar-refractivity contribution in [3.05, 3.63) is 48.6 Å². The number of anilines is 1. The smallest absolute Gasteiger partial charge is 0.283 e. The zero-order valence-electron chi connectivity index (χ0n) is 16.1. The van der Waals surface area contributed by atoms with Crippen LogP contribution >= 0.6 is 0 Å². The summed E-state index contributed by atoms with van der Waals surface area (Å²) < 4.78 is 16.5. The fourth-order valence-electron chi connectivity index (χ4n) is 2.78. The Morgan fingerprint density at radius 2 is 2.04 bits per heavy atom. The lowest BCUT2D eigenvalue weighted by Crippen LogP contribution is -2.33. The highest BCUT2D eigenvalue weighted by molar-refractivity contribution is 5.93. The van der Waals surface area contributed by atoms with E-state index in [0.29, 0.717) is 42.1 Å². The summed E-state index contributed by atoms with van der Waals surface area (Å²) in [6.45, 7) is 5.79. The van der Waals surface area contributed by atoms with Crippen molar-refractivity contribution in [2.75, 3.05) is 25.0 Å². The van der Waals surface area contributed by atoms with Crippen molar-refractivity contribution in [2.24, 2.45) is 0 Å². The summed E-state index contributed by atoms with van der Waals surface area (Å²) in [5.41, 5.74) is 0.656. The molecule has 1 N–H and O–H groups in total. The Kier molecular flexibility index (Phi) is 6.80. The van der Waals surface area contributed by atoms with Crippen LogP contribution in [0.5, 0.6) is 5.75 Å². The summed E-state index contributed by atoms with van der Waals surface area (Å²) in [4.78, 5) is 14.5. The van der Waals surface area contributed by atoms with E-state index in [-0.39, 0.29) is 12.5 Å². The third-order valence-electron chi connectivity index (χ3n) is 3.93. The predicted molar refractivity (Wildman–Crippen MR) is 104 cm³/mol. The molecule has 1 amide bonds. The molecule has 0 aliphatic rings. The lowest BCUT2D eigenvalue weighted by atomic mass is 10.3. The van der Waals surface area contributed by atoms with Crippen LogP contribution in [0.1, 0.15) is 26.2 Å². The molecule has 0 unspecified atom stereocenters. The van der Waals surface area contributed by atoms with Gasteiger partial charge in [0.2, 0.25) is 11.8 Å². The highest BCUT2D eigenvalue weighted by Crippen LogP contribution is 2.23. The lowest BCUT2D eigenvalue weighted by Gasteiger charge is -2.19. The van der Waals surface area contributed by atoms with E-state index in [1.807, 2.05) is 36.1 Å². The van der Waals surface area contributed by atoms with Crippen LogP contribution in [-0.4, -0.2) is 40.7 Å². The van der Waals surface area contributed by atoms with Crippen LogP contribution in [0.4, 0.5) is 5.69 Å². The minimum Gasteiger partial charge on any atom is -0.492 e. The van der Waals surface area contributed by atoms with Gasteiger partial charge in [0.1, 0.15) is 5.75 Å². The Balaban J connectivity index is 1.62. The molecule has 3 aromatic rings. The number of ether oxygens (including phenoxy) is 1. The van der Waals surface area contributed by atoms with Gasteiger partial charge in [-0.15, -0.1) is 10.2 Å². The number of amides is 1. The molecule has 8 heteroatoms. The van der Waals surface area contributed by atoms with Gasteiger partial charge in [0.25, 0.3) is 5.89 Å². The van der Waals surface area contributed by atoms with Crippen molar-refractivity contribution in [3.8, 4) is 17.4 Å². The first-order valence-electron chi connectivity index (χ1n) is 9.29. The van der Waals surface area contributed by atoms with Gasteiger partial charge in [-0.2, -0.15) is 0 Å². The number of hydrogen-bond acceptors (Lipinski definition) is 7. The standard InChI is InChI=1S/C20H24N4O4/c1-3-11-24(14-19-22-23-20(28-19)17-10-7-12-27-17)13-18(25)21-15-8-5-6-9-16(15)26-4-2/h5-10,12H,3-4,11,13-14H2,1-2H3,(H,21,25). The van der Waals surface area contributed by atoms with Gasteiger partial charge < -0.3 is 18.9 Å². The SMILES string of the molecule is CCCN(CC(=O)Nc1ccccc1OCC)Cc1nnc(-c2ccco2)o1. The summed E-state index contributed by atoms with van der Waals surface area (Å²) in [5.74, 6) is 1.80. The van der Waals surface area contributed by atoms with Crippen LogP contribution in [-0.2, 0) is 11.3 Å². The van der Waals surface area contributed by atoms with Gasteiger partial charge >= 0.3 is 0 Å². The highest BCUT2D eigenvalue weighted by atomic mass is 16.5. The maximum Gasteiger partial charge on any atom is 0.283 e. The molecule has 8 nitrogen and oxygen atoms in total. The molecule has 0 atom stereocenters. The summed E-state index contributed by atoms with van der Waals surface area (Å²) in [6, 6.07) is 10.9. The number of rotatable bonds is 10. The van der Waals surface area contributed by atoms with Crippen molar-refractivity contribution in [1.82, 2.24) is 15.1 Å². The van der Waals surface area contributed by atoms with Crippen LogP contribution in [0, 0.1) is 0 Å². The maximum atomic E-state index is 12.5. The van der Waals surface area contributed by atoms with Gasteiger partial charge in [0.15, 0.2) is 5.76 Å². The first kappa shape index (κ1) is 19.6. The molecule has 1 aromatic carbocycles. The van der Waals surface area contributed by atoms with Crippen LogP contribution < -0.4 is 10.1 Å². The Labute approximate surface area is 163 Å². The third-order valence-corrected chi connectivity index (χ3v) is 3.93. The largest absolute Gasteiger partial charge is 0.492 e. The summed E-state index contributed by atoms with van der Waals surface area (Å²) >= 11 is 0. The van der Waals surface area contributed by atoms with Crippen molar-refractivity contribution in [3.63, 3.8) is 0 Å². The molecule has 148 valence electrons. The number of nitrogens with one attached hydrogen (secondary N) is 1. The number of nitrogens with zero attached hydrogens (tertiary/aromatic N) is 3. The van der Waals surface area contributed by atoms with Crippen LogP contribution in [0.25, 0.3) is 11.7 Å². The Bertz CT molecular complexity index is 876. The summed E-state index contributed by atoms with van der Waals surface area (Å²) in [6.07, 6.45) is 2.44. The number of carbonyl (C=O) groups excluding carboxylic acids is 1. The van der Waals surface area contributed by atoms with Gasteiger partial charge in [0, 0.05) is 0 Å². The summed E-state index contributed by atoms with van der Waals surface area (Å²) in [7, 11) is 0. The topological polar surface area (TPSA) is 93.6 Å². The van der Waals surface area contributed by atoms with Gasteiger partial charge in [-0.1, -0.05) is 19.1 Å². The number of aromatic nitrogens is 2. The minimum absolute atomic E-state index is 0.133. The number of benzene rings is 1. The molecule has 0 aliphatic carbocycles. The van der Waals surface area contributed by atoms with Crippen molar-refractivity contribution in [1.29, 1.82) is 0 Å². The van der Waals surface area contributed by atoms with E-state index in [9.17, 15) is 4.79 Å². The molecule has 0 fully saturated rings. The fourth-order valence-corrected chi connectivity index (χ4v) is 2.78. The van der Waals surface area contributed by atoms with E-state index in [4.69, 9.17) is 13.6 Å². The molecule has 0 saturated carbocycles. The predicted octanol–water partition coefficient (Wildman–Crippen LogP) is 3.58. The quantitative estimate of drug-likeness (QED) is 0.571. The Morgan fingerprint density at radius 3 is 2.79 bits per heavy atom. The van der Waals surface area contributed by atoms with E-state index in [2.05, 4.69) is 22.4 Å². The zero-order valence-corrected chi connectivity index (χ0v) is 16.1. The van der Waals surface area contributed by atoms with Crippen LogP contribution in [0.2, 0.25) is 0 Å². The number of carbonyl (C=O) groups is 1. The molecule has 0 saturated heterocycles. The normalized spacial score (nSPS) is 11.0. The highest BCUT2D eigenvalue weighted by Gasteiger charge is 2.17. The molecule has 0 bridgehead atoms. The molecule has 0 radical (unpaired) electrons. The van der Waals surface area contributed by atoms with Gasteiger partial charge in [-0.25, -0.2) is 0 Å². The molecular formula is C20H24N4O4. The van der Waals surface area contributed by atoms with E-state index in [1.165, 1.54) is 0 Å². The second kappa shape index (κ2) is 9.70. The van der Waals surface area contributed by atoms with E-state index < -0.39 is 0 Å². The van der Waals surface area contributed by atoms with Crippen LogP contribution in [0.15, 0.2) is 51.5 Å². The molecule has 3 rings (SSSR count). The molecule has 0 spiro atoms. The Hall–Kier alpha value is -3.13. The summed E-state index contributed by atoms with van der Waals surface area (Å²) in [5, 5.41) is 11.0. The molecule has 0 aliphatic heterocycles. The van der Waals surface area contributed by atoms with E-state index in [0.717, 1.165) is 13.0 Å². The first-order chi connectivity index (χ1) is 13.7. The van der Waals surface area contributed by atoms with Gasteiger partial charge in [0.05, 0.1) is 31.6 Å². The monoisotopic (exact) mass is 384 g/mol. The zero-order chi connectivity index (χ0) is 19.8. The lowest BCUT2D eigenvalue weighted by molar-refractivity contribution is -0.117. The second-order valence-corrected chi connectivity index (χ2v) is 6.17.